The van der Waals surface area contributed by atoms with Crippen molar-refractivity contribution in [3.8, 4) is 11.5 Å². The number of carbonyl (C=O) groups is 1. The molecular weight excluding hydrogens is 362 g/mol. The largest absolute Gasteiger partial charge is 0.454 e. The molecule has 0 aliphatic heterocycles. The zero-order valence-electron chi connectivity index (χ0n) is 13.5. The van der Waals surface area contributed by atoms with E-state index in [0.29, 0.717) is 16.1 Å². The number of esters is 1. The minimum absolute atomic E-state index is 0.114. The zero-order chi connectivity index (χ0) is 18.7. The molecule has 0 spiro atoms. The summed E-state index contributed by atoms with van der Waals surface area (Å²) in [5.74, 6) is -0.545. The van der Waals surface area contributed by atoms with Crippen LogP contribution in [0, 0.1) is 17.0 Å². The molecule has 3 aromatic rings. The number of nitrogens with zero attached hydrogens (tertiary/aromatic N) is 3. The summed E-state index contributed by atoms with van der Waals surface area (Å²) in [6.45, 7) is 1.25. The highest BCUT2D eigenvalue weighted by Crippen LogP contribution is 2.26. The van der Waals surface area contributed by atoms with Crippen LogP contribution in [0.5, 0.6) is 0 Å². The average molecular weight is 374 g/mol. The van der Waals surface area contributed by atoms with Gasteiger partial charge in [-0.2, -0.15) is 4.98 Å². The first-order valence-electron chi connectivity index (χ1n) is 7.46. The van der Waals surface area contributed by atoms with Gasteiger partial charge in [0, 0.05) is 5.56 Å². The van der Waals surface area contributed by atoms with E-state index >= 15 is 0 Å². The summed E-state index contributed by atoms with van der Waals surface area (Å²) in [6, 6.07) is 11.3. The molecule has 0 amide bonds. The van der Waals surface area contributed by atoms with Gasteiger partial charge in [0.15, 0.2) is 6.61 Å². The highest BCUT2D eigenvalue weighted by atomic mass is 35.5. The maximum absolute atomic E-state index is 12.2. The van der Waals surface area contributed by atoms with E-state index in [9.17, 15) is 14.9 Å². The molecule has 0 fully saturated rings. The minimum Gasteiger partial charge on any atom is -0.454 e. The third-order valence-electron chi connectivity index (χ3n) is 3.54. The summed E-state index contributed by atoms with van der Waals surface area (Å²) >= 11 is 6.06. The number of nitro benzene ring substituents is 1. The minimum atomic E-state index is -0.843. The zero-order valence-corrected chi connectivity index (χ0v) is 14.3. The van der Waals surface area contributed by atoms with Gasteiger partial charge in [0.25, 0.3) is 11.6 Å². The lowest BCUT2D eigenvalue weighted by atomic mass is 10.1. The molecule has 132 valence electrons. The van der Waals surface area contributed by atoms with Crippen LogP contribution in [0.3, 0.4) is 0 Å². The Balaban J connectivity index is 1.75. The highest BCUT2D eigenvalue weighted by molar-refractivity contribution is 6.33. The quantitative estimate of drug-likeness (QED) is 0.378. The van der Waals surface area contributed by atoms with E-state index in [1.807, 2.05) is 0 Å². The van der Waals surface area contributed by atoms with Crippen molar-refractivity contribution in [2.45, 2.75) is 13.5 Å². The van der Waals surface area contributed by atoms with Crippen LogP contribution in [0.15, 0.2) is 47.0 Å². The van der Waals surface area contributed by atoms with Crippen LogP contribution in [0.4, 0.5) is 5.69 Å². The number of rotatable bonds is 5. The van der Waals surface area contributed by atoms with Gasteiger partial charge >= 0.3 is 5.97 Å². The number of ether oxygens (including phenoxy) is 1. The van der Waals surface area contributed by atoms with E-state index < -0.39 is 10.9 Å². The van der Waals surface area contributed by atoms with Crippen molar-refractivity contribution in [2.24, 2.45) is 0 Å². The summed E-state index contributed by atoms with van der Waals surface area (Å²) in [4.78, 5) is 26.8. The molecule has 8 nitrogen and oxygen atoms in total. The first-order valence-corrected chi connectivity index (χ1v) is 7.84. The van der Waals surface area contributed by atoms with Crippen molar-refractivity contribution in [3.05, 3.63) is 74.6 Å². The Morgan fingerprint density at radius 1 is 1.27 bits per heavy atom. The average Bonchev–Trinajstić information content (AvgIpc) is 3.08. The van der Waals surface area contributed by atoms with Crippen LogP contribution >= 0.6 is 11.6 Å². The Labute approximate surface area is 152 Å². The molecule has 1 heterocycles. The highest BCUT2D eigenvalue weighted by Gasteiger charge is 2.24. The summed E-state index contributed by atoms with van der Waals surface area (Å²) in [6.07, 6.45) is 0. The number of aryl methyl sites for hydroxylation is 1. The SMILES string of the molecule is Cc1cccc(C(=O)OCc2noc(-c3ccccc3Cl)n2)c1[N+](=O)[O-]. The van der Waals surface area contributed by atoms with E-state index in [0.717, 1.165) is 0 Å². The van der Waals surface area contributed by atoms with E-state index in [2.05, 4.69) is 10.1 Å². The van der Waals surface area contributed by atoms with Crippen LogP contribution in [0.2, 0.25) is 5.02 Å². The number of hydrogen-bond donors (Lipinski definition) is 0. The summed E-state index contributed by atoms with van der Waals surface area (Å²) in [7, 11) is 0. The van der Waals surface area contributed by atoms with Gasteiger partial charge in [0.2, 0.25) is 5.82 Å². The number of halogens is 1. The summed E-state index contributed by atoms with van der Waals surface area (Å²) < 4.78 is 10.2. The maximum Gasteiger partial charge on any atom is 0.345 e. The molecule has 0 saturated carbocycles. The molecule has 1 aromatic heterocycles. The first-order chi connectivity index (χ1) is 12.5. The molecule has 2 aromatic carbocycles. The number of carbonyl (C=O) groups excluding carboxylic acids is 1. The van der Waals surface area contributed by atoms with Gasteiger partial charge in [-0.3, -0.25) is 10.1 Å². The van der Waals surface area contributed by atoms with Gasteiger partial charge in [0.05, 0.1) is 15.5 Å². The monoisotopic (exact) mass is 373 g/mol. The second-order valence-electron chi connectivity index (χ2n) is 5.30. The molecule has 26 heavy (non-hydrogen) atoms. The Hall–Kier alpha value is -3.26. The second-order valence-corrected chi connectivity index (χ2v) is 5.71. The molecule has 9 heteroatoms. The fourth-order valence-corrected chi connectivity index (χ4v) is 2.55. The molecule has 0 radical (unpaired) electrons. The molecule has 0 atom stereocenters. The van der Waals surface area contributed by atoms with Gasteiger partial charge in [-0.25, -0.2) is 4.79 Å². The Kier molecular flexibility index (Phi) is 4.94. The molecule has 0 N–H and O–H groups in total. The van der Waals surface area contributed by atoms with Crippen LogP contribution in [-0.4, -0.2) is 21.0 Å². The van der Waals surface area contributed by atoms with Crippen molar-refractivity contribution in [3.63, 3.8) is 0 Å². The predicted molar refractivity (Wildman–Crippen MR) is 91.7 cm³/mol. The number of hydrogen-bond acceptors (Lipinski definition) is 7. The lowest BCUT2D eigenvalue weighted by Crippen LogP contribution is -2.09. The van der Waals surface area contributed by atoms with Crippen molar-refractivity contribution < 1.29 is 19.0 Å². The fourth-order valence-electron chi connectivity index (χ4n) is 2.33. The van der Waals surface area contributed by atoms with Crippen molar-refractivity contribution >= 4 is 23.3 Å². The normalized spacial score (nSPS) is 10.5. The van der Waals surface area contributed by atoms with E-state index in [-0.39, 0.29) is 29.6 Å². The van der Waals surface area contributed by atoms with E-state index in [1.54, 1.807) is 43.3 Å². The number of aromatic nitrogens is 2. The topological polar surface area (TPSA) is 108 Å². The first kappa shape index (κ1) is 17.6. The number of nitro groups is 1. The van der Waals surface area contributed by atoms with Crippen LogP contribution < -0.4 is 0 Å². The molecule has 0 bridgehead atoms. The predicted octanol–water partition coefficient (Wildman–Crippen LogP) is 3.96. The maximum atomic E-state index is 12.2. The lowest BCUT2D eigenvalue weighted by Gasteiger charge is -2.04. The van der Waals surface area contributed by atoms with Crippen molar-refractivity contribution in [1.29, 1.82) is 0 Å². The number of benzene rings is 2. The summed E-state index contributed by atoms with van der Waals surface area (Å²) in [5, 5.41) is 15.3. The molecule has 3 rings (SSSR count). The van der Waals surface area contributed by atoms with Crippen LogP contribution in [0.1, 0.15) is 21.7 Å². The summed E-state index contributed by atoms with van der Waals surface area (Å²) in [5.41, 5.74) is 0.491. The molecule has 0 saturated heterocycles. The standard InChI is InChI=1S/C17H12ClN3O5/c1-10-5-4-7-12(15(10)21(23)24)17(22)25-9-14-19-16(26-20-14)11-6-2-3-8-13(11)18/h2-8H,9H2,1H3. The van der Waals surface area contributed by atoms with Crippen LogP contribution in [0.25, 0.3) is 11.5 Å². The van der Waals surface area contributed by atoms with Crippen molar-refractivity contribution in [1.82, 2.24) is 10.1 Å². The van der Waals surface area contributed by atoms with Gasteiger partial charge < -0.3 is 9.26 Å². The smallest absolute Gasteiger partial charge is 0.345 e. The van der Waals surface area contributed by atoms with Crippen LogP contribution in [-0.2, 0) is 11.3 Å². The lowest BCUT2D eigenvalue weighted by molar-refractivity contribution is -0.385. The van der Waals surface area contributed by atoms with E-state index in [4.69, 9.17) is 20.9 Å². The van der Waals surface area contributed by atoms with Crippen molar-refractivity contribution in [2.75, 3.05) is 0 Å². The van der Waals surface area contributed by atoms with E-state index in [1.165, 1.54) is 6.07 Å². The van der Waals surface area contributed by atoms with Gasteiger partial charge in [-0.05, 0) is 25.1 Å². The molecule has 0 aliphatic carbocycles. The third kappa shape index (κ3) is 3.55. The van der Waals surface area contributed by atoms with Gasteiger partial charge in [0.1, 0.15) is 5.56 Å². The molecule has 0 unspecified atom stereocenters. The Morgan fingerprint density at radius 2 is 2.04 bits per heavy atom. The molecular formula is C17H12ClN3O5. The second kappa shape index (κ2) is 7.32. The number of para-hydroxylation sites is 1. The van der Waals surface area contributed by atoms with Gasteiger partial charge in [-0.1, -0.05) is 41.0 Å². The third-order valence-corrected chi connectivity index (χ3v) is 3.87. The van der Waals surface area contributed by atoms with Gasteiger partial charge in [-0.15, -0.1) is 0 Å². The Bertz CT molecular complexity index is 986. The Morgan fingerprint density at radius 3 is 2.77 bits per heavy atom. The fraction of sp³-hybridized carbons (Fsp3) is 0.118. The molecule has 0 aliphatic rings.